The standard InChI is InChI=1S/C14H23BrO2Si/c1-14(2,3)18(4,5)17-10-13(16)11-6-8-12(15)9-7-11/h6-9,13,16H,10H2,1-5H3/t13-/m0/s1. The van der Waals surface area contributed by atoms with Gasteiger partial charge in [0.15, 0.2) is 8.32 Å². The van der Waals surface area contributed by atoms with Crippen LogP contribution in [0.4, 0.5) is 0 Å². The fourth-order valence-corrected chi connectivity index (χ4v) is 2.56. The average Bonchev–Trinajstić information content (AvgIpc) is 2.25. The summed E-state index contributed by atoms with van der Waals surface area (Å²) in [6, 6.07) is 7.71. The molecule has 0 aromatic heterocycles. The summed E-state index contributed by atoms with van der Waals surface area (Å²) in [5, 5.41) is 10.3. The number of hydrogen-bond acceptors (Lipinski definition) is 2. The van der Waals surface area contributed by atoms with Crippen LogP contribution in [0.15, 0.2) is 28.7 Å². The Labute approximate surface area is 120 Å². The van der Waals surface area contributed by atoms with E-state index in [9.17, 15) is 5.11 Å². The highest BCUT2D eigenvalue weighted by Gasteiger charge is 2.37. The van der Waals surface area contributed by atoms with Crippen LogP contribution in [0, 0.1) is 0 Å². The molecule has 0 saturated heterocycles. The van der Waals surface area contributed by atoms with Crippen LogP contribution in [0.5, 0.6) is 0 Å². The molecular formula is C14H23BrO2Si. The van der Waals surface area contributed by atoms with Gasteiger partial charge in [-0.3, -0.25) is 0 Å². The van der Waals surface area contributed by atoms with Gasteiger partial charge in [0.05, 0.1) is 6.61 Å². The number of rotatable bonds is 4. The van der Waals surface area contributed by atoms with Crippen molar-refractivity contribution in [3.05, 3.63) is 34.3 Å². The van der Waals surface area contributed by atoms with Crippen LogP contribution >= 0.6 is 15.9 Å². The lowest BCUT2D eigenvalue weighted by Gasteiger charge is -2.36. The third kappa shape index (κ3) is 4.19. The Hall–Kier alpha value is -0.163. The van der Waals surface area contributed by atoms with Crippen LogP contribution in [0.25, 0.3) is 0 Å². The molecule has 18 heavy (non-hydrogen) atoms. The van der Waals surface area contributed by atoms with Gasteiger partial charge in [0.25, 0.3) is 0 Å². The van der Waals surface area contributed by atoms with Gasteiger partial charge in [-0.2, -0.15) is 0 Å². The molecular weight excluding hydrogens is 308 g/mol. The lowest BCUT2D eigenvalue weighted by atomic mass is 10.1. The maximum absolute atomic E-state index is 10.1. The number of aliphatic hydroxyl groups is 1. The van der Waals surface area contributed by atoms with E-state index in [0.717, 1.165) is 10.0 Å². The van der Waals surface area contributed by atoms with E-state index in [1.165, 1.54) is 0 Å². The van der Waals surface area contributed by atoms with Gasteiger partial charge in [-0.1, -0.05) is 48.8 Å². The summed E-state index contributed by atoms with van der Waals surface area (Å²) in [7, 11) is -1.78. The predicted molar refractivity (Wildman–Crippen MR) is 82.3 cm³/mol. The number of benzene rings is 1. The highest BCUT2D eigenvalue weighted by molar-refractivity contribution is 9.10. The fraction of sp³-hybridized carbons (Fsp3) is 0.571. The molecule has 1 atom stereocenters. The molecule has 0 amide bonds. The molecule has 0 heterocycles. The third-order valence-corrected chi connectivity index (χ3v) is 8.69. The number of aliphatic hydroxyl groups excluding tert-OH is 1. The minimum absolute atomic E-state index is 0.173. The lowest BCUT2D eigenvalue weighted by Crippen LogP contribution is -2.41. The molecule has 102 valence electrons. The maximum atomic E-state index is 10.1. The van der Waals surface area contributed by atoms with Crippen LogP contribution in [0.3, 0.4) is 0 Å². The third-order valence-electron chi connectivity index (χ3n) is 3.66. The Morgan fingerprint density at radius 3 is 2.17 bits per heavy atom. The van der Waals surface area contributed by atoms with Gasteiger partial charge in [-0.25, -0.2) is 0 Å². The molecule has 1 aromatic carbocycles. The van der Waals surface area contributed by atoms with Gasteiger partial charge in [-0.15, -0.1) is 0 Å². The topological polar surface area (TPSA) is 29.5 Å². The molecule has 4 heteroatoms. The van der Waals surface area contributed by atoms with Crippen LogP contribution in [-0.2, 0) is 4.43 Å². The van der Waals surface area contributed by atoms with Gasteiger partial charge in [0, 0.05) is 4.47 Å². The minimum Gasteiger partial charge on any atom is -0.414 e. The molecule has 0 saturated carbocycles. The Morgan fingerprint density at radius 2 is 1.72 bits per heavy atom. The average molecular weight is 331 g/mol. The van der Waals surface area contributed by atoms with Crippen molar-refractivity contribution in [1.82, 2.24) is 0 Å². The summed E-state index contributed by atoms with van der Waals surface area (Å²) in [5.74, 6) is 0. The number of halogens is 1. The maximum Gasteiger partial charge on any atom is 0.192 e. The highest BCUT2D eigenvalue weighted by atomic mass is 79.9. The molecule has 0 unspecified atom stereocenters. The van der Waals surface area contributed by atoms with Gasteiger partial charge in [-0.05, 0) is 35.8 Å². The van der Waals surface area contributed by atoms with E-state index in [1.54, 1.807) is 0 Å². The second-order valence-corrected chi connectivity index (χ2v) is 11.9. The van der Waals surface area contributed by atoms with Crippen molar-refractivity contribution in [2.75, 3.05) is 6.61 Å². The molecule has 0 radical (unpaired) electrons. The monoisotopic (exact) mass is 330 g/mol. The van der Waals surface area contributed by atoms with Gasteiger partial charge in [0.1, 0.15) is 6.10 Å². The molecule has 0 bridgehead atoms. The van der Waals surface area contributed by atoms with E-state index in [2.05, 4.69) is 49.8 Å². The minimum atomic E-state index is -1.78. The zero-order valence-corrected chi connectivity index (χ0v) is 14.4. The summed E-state index contributed by atoms with van der Waals surface area (Å²) >= 11 is 3.39. The SMILES string of the molecule is CC(C)(C)[Si](C)(C)OC[C@H](O)c1ccc(Br)cc1. The van der Waals surface area contributed by atoms with Gasteiger partial charge < -0.3 is 9.53 Å². The number of hydrogen-bond donors (Lipinski definition) is 1. The first-order valence-corrected chi connectivity index (χ1v) is 9.91. The largest absolute Gasteiger partial charge is 0.414 e. The zero-order chi connectivity index (χ0) is 14.0. The molecule has 0 aliphatic heterocycles. The molecule has 1 N–H and O–H groups in total. The Kier molecular flexibility index (Phi) is 5.18. The van der Waals surface area contributed by atoms with E-state index < -0.39 is 14.4 Å². The lowest BCUT2D eigenvalue weighted by molar-refractivity contribution is 0.100. The Bertz CT molecular complexity index is 382. The van der Waals surface area contributed by atoms with Crippen molar-refractivity contribution in [2.24, 2.45) is 0 Å². The molecule has 0 aliphatic rings. The van der Waals surface area contributed by atoms with Crippen molar-refractivity contribution in [3.63, 3.8) is 0 Å². The van der Waals surface area contributed by atoms with Crippen LogP contribution < -0.4 is 0 Å². The smallest absolute Gasteiger partial charge is 0.192 e. The molecule has 1 rings (SSSR count). The summed E-state index contributed by atoms with van der Waals surface area (Å²) < 4.78 is 7.03. The molecule has 0 aliphatic carbocycles. The molecule has 1 aromatic rings. The van der Waals surface area contributed by atoms with Crippen molar-refractivity contribution in [3.8, 4) is 0 Å². The van der Waals surface area contributed by atoms with Crippen LogP contribution in [0.2, 0.25) is 18.1 Å². The fourth-order valence-electron chi connectivity index (χ4n) is 1.28. The van der Waals surface area contributed by atoms with Crippen LogP contribution in [-0.4, -0.2) is 20.0 Å². The Balaban J connectivity index is 2.61. The van der Waals surface area contributed by atoms with Crippen molar-refractivity contribution < 1.29 is 9.53 Å². The van der Waals surface area contributed by atoms with E-state index in [0.29, 0.717) is 6.61 Å². The van der Waals surface area contributed by atoms with E-state index in [1.807, 2.05) is 24.3 Å². The summed E-state index contributed by atoms with van der Waals surface area (Å²) in [5.41, 5.74) is 0.900. The quantitative estimate of drug-likeness (QED) is 0.823. The second kappa shape index (κ2) is 5.86. The Morgan fingerprint density at radius 1 is 1.22 bits per heavy atom. The highest BCUT2D eigenvalue weighted by Crippen LogP contribution is 2.37. The van der Waals surface area contributed by atoms with E-state index in [4.69, 9.17) is 4.43 Å². The summed E-state index contributed by atoms with van der Waals surface area (Å²) in [6.45, 7) is 11.4. The molecule has 0 spiro atoms. The first kappa shape index (κ1) is 15.9. The van der Waals surface area contributed by atoms with E-state index in [-0.39, 0.29) is 5.04 Å². The second-order valence-electron chi connectivity index (χ2n) is 6.14. The molecule has 0 fully saturated rings. The van der Waals surface area contributed by atoms with E-state index >= 15 is 0 Å². The first-order valence-electron chi connectivity index (χ1n) is 6.21. The van der Waals surface area contributed by atoms with Gasteiger partial charge >= 0.3 is 0 Å². The summed E-state index contributed by atoms with van der Waals surface area (Å²) in [6.07, 6.45) is -0.549. The summed E-state index contributed by atoms with van der Waals surface area (Å²) in [4.78, 5) is 0. The zero-order valence-electron chi connectivity index (χ0n) is 11.8. The molecule has 2 nitrogen and oxygen atoms in total. The first-order chi connectivity index (χ1) is 8.13. The van der Waals surface area contributed by atoms with Crippen molar-refractivity contribution in [2.45, 2.75) is 45.0 Å². The van der Waals surface area contributed by atoms with Crippen molar-refractivity contribution in [1.29, 1.82) is 0 Å². The predicted octanol–water partition coefficient (Wildman–Crippen LogP) is 4.50. The van der Waals surface area contributed by atoms with Gasteiger partial charge in [0.2, 0.25) is 0 Å². The normalized spacial score (nSPS) is 14.6. The van der Waals surface area contributed by atoms with Crippen LogP contribution in [0.1, 0.15) is 32.4 Å². The van der Waals surface area contributed by atoms with Crippen molar-refractivity contribution >= 4 is 24.2 Å².